The molecule has 0 radical (unpaired) electrons. The monoisotopic (exact) mass is 583 g/mol. The number of carboxylic acid groups (broad SMARTS) is 1. The zero-order chi connectivity index (χ0) is 30.1. The Hall–Kier alpha value is -4.82. The van der Waals surface area contributed by atoms with Gasteiger partial charge in [-0.1, -0.05) is 19.1 Å². The summed E-state index contributed by atoms with van der Waals surface area (Å²) in [4.78, 5) is 36.3. The fourth-order valence-electron chi connectivity index (χ4n) is 5.58. The number of aromatic nitrogens is 3. The number of rotatable bonds is 9. The van der Waals surface area contributed by atoms with E-state index >= 15 is 0 Å². The number of aromatic carboxylic acids is 1. The van der Waals surface area contributed by atoms with Crippen LogP contribution in [0.1, 0.15) is 59.2 Å². The number of halogens is 1. The highest BCUT2D eigenvalue weighted by Crippen LogP contribution is 2.36. The normalized spacial score (nSPS) is 20.1. The molecule has 0 bridgehead atoms. The van der Waals surface area contributed by atoms with Crippen molar-refractivity contribution in [3.8, 4) is 11.9 Å². The first-order valence-corrected chi connectivity index (χ1v) is 14.1. The molecular weight excluding hydrogens is 553 g/mol. The Bertz CT molecular complexity index is 1760. The molecule has 4 heterocycles. The lowest BCUT2D eigenvalue weighted by Gasteiger charge is -2.38. The van der Waals surface area contributed by atoms with Crippen molar-refractivity contribution in [1.29, 1.82) is 5.26 Å². The second-order valence-corrected chi connectivity index (χ2v) is 11.3. The highest BCUT2D eigenvalue weighted by Gasteiger charge is 2.38. The molecule has 0 saturated carbocycles. The number of carboxylic acids is 1. The zero-order valence-corrected chi connectivity index (χ0v) is 23.6. The third-order valence-electron chi connectivity index (χ3n) is 8.31. The molecule has 10 nitrogen and oxygen atoms in total. The predicted molar refractivity (Wildman–Crippen MR) is 153 cm³/mol. The highest BCUT2D eigenvalue weighted by molar-refractivity contribution is 5.92. The number of piperidine rings is 1. The molecule has 11 heteroatoms. The Labute approximate surface area is 247 Å². The van der Waals surface area contributed by atoms with Crippen molar-refractivity contribution < 1.29 is 28.6 Å². The second kappa shape index (κ2) is 11.5. The molecule has 1 N–H and O–H groups in total. The largest absolute Gasteiger partial charge is 0.478 e. The highest BCUT2D eigenvalue weighted by atomic mass is 19.1. The number of pyridine rings is 1. The van der Waals surface area contributed by atoms with Crippen LogP contribution < -0.4 is 4.74 Å². The number of nitrogens with zero attached hydrogens (tertiary/aromatic N) is 5. The van der Waals surface area contributed by atoms with Crippen molar-refractivity contribution in [3.05, 3.63) is 88.6 Å². The molecule has 2 atom stereocenters. The third-order valence-corrected chi connectivity index (χ3v) is 8.31. The Kier molecular flexibility index (Phi) is 7.54. The SMILES string of the molecule is CC1(c2cccc(OCc3ccc(C#N)cc3F)n2)CCN(Cc2nc3ccc(C(=O)O)cc3n2C[C@@H]2CCO2)C(=O)C1. The molecule has 2 aliphatic rings. The van der Waals surface area contributed by atoms with E-state index in [1.54, 1.807) is 23.1 Å². The number of carbonyl (C=O) groups excluding carboxylic acids is 1. The molecule has 2 fully saturated rings. The smallest absolute Gasteiger partial charge is 0.335 e. The average molecular weight is 584 g/mol. The van der Waals surface area contributed by atoms with E-state index < -0.39 is 17.2 Å². The summed E-state index contributed by atoms with van der Waals surface area (Å²) < 4.78 is 27.7. The minimum Gasteiger partial charge on any atom is -0.478 e. The van der Waals surface area contributed by atoms with Crippen LogP contribution in [0, 0.1) is 17.1 Å². The van der Waals surface area contributed by atoms with Gasteiger partial charge in [-0.25, -0.2) is 19.2 Å². The number of hydrogen-bond acceptors (Lipinski definition) is 7. The lowest BCUT2D eigenvalue weighted by molar-refractivity contribution is -0.136. The van der Waals surface area contributed by atoms with E-state index in [1.807, 2.05) is 29.7 Å². The maximum Gasteiger partial charge on any atom is 0.335 e. The standard InChI is InChI=1S/C32H30FN5O5/c1-32(27-3-2-4-29(36-27)43-19-22-6-5-20(16-34)13-24(22)33)10-11-37(30(39)15-32)18-28-35-25-8-7-21(31(40)41)14-26(25)38(28)17-23-9-12-42-23/h2-8,13-14,23H,9-12,15,17-19H2,1H3,(H,40,41)/t23-,32?/m0/s1. The van der Waals surface area contributed by atoms with Gasteiger partial charge in [0.2, 0.25) is 11.8 Å². The van der Waals surface area contributed by atoms with Crippen LogP contribution in [0.25, 0.3) is 11.0 Å². The van der Waals surface area contributed by atoms with Gasteiger partial charge in [-0.05, 0) is 49.2 Å². The Morgan fingerprint density at radius 2 is 2.07 bits per heavy atom. The first-order chi connectivity index (χ1) is 20.7. The van der Waals surface area contributed by atoms with Crippen LogP contribution in [0.2, 0.25) is 0 Å². The van der Waals surface area contributed by atoms with Crippen LogP contribution in [0.4, 0.5) is 4.39 Å². The van der Waals surface area contributed by atoms with Gasteiger partial charge < -0.3 is 24.0 Å². The van der Waals surface area contributed by atoms with E-state index in [2.05, 4.69) is 4.98 Å². The van der Waals surface area contributed by atoms with E-state index in [4.69, 9.17) is 19.7 Å². The van der Waals surface area contributed by atoms with Crippen LogP contribution in [0.3, 0.4) is 0 Å². The van der Waals surface area contributed by atoms with Crippen molar-refractivity contribution in [2.24, 2.45) is 0 Å². The number of nitriles is 1. The number of carbonyl (C=O) groups is 2. The van der Waals surface area contributed by atoms with Gasteiger partial charge in [-0.3, -0.25) is 4.79 Å². The Balaban J connectivity index is 1.16. The summed E-state index contributed by atoms with van der Waals surface area (Å²) in [6, 6.07) is 16.4. The van der Waals surface area contributed by atoms with Gasteiger partial charge in [0.15, 0.2) is 0 Å². The molecule has 1 amide bonds. The lowest BCUT2D eigenvalue weighted by Crippen LogP contribution is -2.45. The molecule has 2 aromatic heterocycles. The van der Waals surface area contributed by atoms with Crippen LogP contribution in [0.5, 0.6) is 5.88 Å². The summed E-state index contributed by atoms with van der Waals surface area (Å²) in [5.41, 5.74) is 2.31. The number of ether oxygens (including phenoxy) is 2. The maximum atomic E-state index is 14.3. The van der Waals surface area contributed by atoms with Gasteiger partial charge in [0.1, 0.15) is 18.2 Å². The summed E-state index contributed by atoms with van der Waals surface area (Å²) in [6.45, 7) is 3.98. The minimum absolute atomic E-state index is 0.0268. The molecule has 0 aliphatic carbocycles. The summed E-state index contributed by atoms with van der Waals surface area (Å²) in [5.74, 6) is -0.549. The number of fused-ring (bicyclic) bond motifs is 1. The van der Waals surface area contributed by atoms with Crippen LogP contribution >= 0.6 is 0 Å². The van der Waals surface area contributed by atoms with E-state index in [9.17, 15) is 19.1 Å². The van der Waals surface area contributed by atoms with Crippen molar-refractivity contribution in [3.63, 3.8) is 0 Å². The van der Waals surface area contributed by atoms with Gasteiger partial charge in [-0.15, -0.1) is 0 Å². The molecule has 220 valence electrons. The van der Waals surface area contributed by atoms with Crippen LogP contribution in [-0.2, 0) is 34.6 Å². The Morgan fingerprint density at radius 1 is 1.23 bits per heavy atom. The molecule has 43 heavy (non-hydrogen) atoms. The van der Waals surface area contributed by atoms with Gasteiger partial charge in [0.25, 0.3) is 0 Å². The molecule has 4 aromatic rings. The quantitative estimate of drug-likeness (QED) is 0.303. The second-order valence-electron chi connectivity index (χ2n) is 11.3. The summed E-state index contributed by atoms with van der Waals surface area (Å²) in [6.07, 6.45) is 1.84. The van der Waals surface area contributed by atoms with E-state index in [1.165, 1.54) is 24.3 Å². The molecular formula is C32H30FN5O5. The van der Waals surface area contributed by atoms with Gasteiger partial charge in [0, 0.05) is 36.6 Å². The number of amides is 1. The van der Waals surface area contributed by atoms with Crippen molar-refractivity contribution in [1.82, 2.24) is 19.4 Å². The van der Waals surface area contributed by atoms with E-state index in [-0.39, 0.29) is 36.2 Å². The number of imidazole rings is 1. The third kappa shape index (κ3) is 5.79. The number of hydrogen-bond donors (Lipinski definition) is 1. The fraction of sp³-hybridized carbons (Fsp3) is 0.344. The van der Waals surface area contributed by atoms with Crippen molar-refractivity contribution >= 4 is 22.9 Å². The van der Waals surface area contributed by atoms with Gasteiger partial charge in [0.05, 0.1) is 53.1 Å². The van der Waals surface area contributed by atoms with Gasteiger partial charge >= 0.3 is 5.97 Å². The molecule has 1 unspecified atom stereocenters. The summed E-state index contributed by atoms with van der Waals surface area (Å²) in [7, 11) is 0. The molecule has 2 saturated heterocycles. The Morgan fingerprint density at radius 3 is 2.77 bits per heavy atom. The van der Waals surface area contributed by atoms with Crippen molar-refractivity contribution in [2.75, 3.05) is 13.2 Å². The average Bonchev–Trinajstić information content (AvgIpc) is 3.31. The summed E-state index contributed by atoms with van der Waals surface area (Å²) in [5, 5.41) is 18.5. The zero-order valence-electron chi connectivity index (χ0n) is 23.6. The number of likely N-dealkylation sites (tertiary alicyclic amines) is 1. The summed E-state index contributed by atoms with van der Waals surface area (Å²) >= 11 is 0. The minimum atomic E-state index is -1.01. The van der Waals surface area contributed by atoms with E-state index in [0.717, 1.165) is 6.42 Å². The molecule has 0 spiro atoms. The fourth-order valence-corrected chi connectivity index (χ4v) is 5.58. The topological polar surface area (TPSA) is 131 Å². The first kappa shape index (κ1) is 28.3. The first-order valence-electron chi connectivity index (χ1n) is 14.1. The molecule has 2 aromatic carbocycles. The maximum absolute atomic E-state index is 14.3. The molecule has 2 aliphatic heterocycles. The van der Waals surface area contributed by atoms with E-state index in [0.29, 0.717) is 66.7 Å². The number of benzene rings is 2. The molecule has 6 rings (SSSR count). The van der Waals surface area contributed by atoms with Crippen molar-refractivity contribution in [2.45, 2.75) is 57.4 Å². The lowest BCUT2D eigenvalue weighted by atomic mass is 9.77. The van der Waals surface area contributed by atoms with Crippen LogP contribution in [-0.4, -0.2) is 55.7 Å². The predicted octanol–water partition coefficient (Wildman–Crippen LogP) is 4.59. The van der Waals surface area contributed by atoms with Crippen LogP contribution in [0.15, 0.2) is 54.6 Å². The van der Waals surface area contributed by atoms with Gasteiger partial charge in [-0.2, -0.15) is 5.26 Å².